The van der Waals surface area contributed by atoms with Crippen molar-refractivity contribution in [1.29, 1.82) is 0 Å². The van der Waals surface area contributed by atoms with E-state index >= 15 is 0 Å². The number of ether oxygens (including phenoxy) is 1. The number of amides is 1. The molecule has 0 aliphatic carbocycles. The van der Waals surface area contributed by atoms with Gasteiger partial charge in [0.05, 0.1) is 6.54 Å². The van der Waals surface area contributed by atoms with E-state index in [0.717, 1.165) is 12.1 Å². The minimum absolute atomic E-state index is 0.126. The Morgan fingerprint density at radius 2 is 1.77 bits per heavy atom. The average Bonchev–Trinajstić information content (AvgIpc) is 2.58. The number of carbonyl (C=O) groups is 1. The number of nitrogens with one attached hydrogen (secondary N) is 1. The van der Waals surface area contributed by atoms with Crippen molar-refractivity contribution in [2.45, 2.75) is 5.92 Å². The van der Waals surface area contributed by atoms with Gasteiger partial charge in [-0.2, -0.15) is 8.78 Å². The number of alkyl halides is 2. The number of carbonyl (C=O) groups excluding carboxylic acids is 1. The van der Waals surface area contributed by atoms with E-state index < -0.39 is 43.4 Å². The van der Waals surface area contributed by atoms with Gasteiger partial charge in [0.2, 0.25) is 0 Å². The van der Waals surface area contributed by atoms with Crippen molar-refractivity contribution in [3.05, 3.63) is 59.1 Å². The summed E-state index contributed by atoms with van der Waals surface area (Å²) in [5, 5.41) is 1.49. The smallest absolute Gasteiger partial charge is 0.359 e. The summed E-state index contributed by atoms with van der Waals surface area (Å²) in [5.74, 6) is -4.47. The summed E-state index contributed by atoms with van der Waals surface area (Å²) in [6.07, 6.45) is 0. The largest absolute Gasteiger partial charge is 0.483 e. The number of hydrogen-bond acceptors (Lipinski definition) is 3. The van der Waals surface area contributed by atoms with Crippen LogP contribution in [0.5, 0.6) is 5.75 Å². The fourth-order valence-corrected chi connectivity index (χ4v) is 3.06. The molecule has 0 fully saturated rings. The fourth-order valence-electron chi connectivity index (χ4n) is 2.08. The van der Waals surface area contributed by atoms with Gasteiger partial charge in [-0.05, 0) is 18.2 Å². The summed E-state index contributed by atoms with van der Waals surface area (Å²) in [6.45, 7) is -1.69. The molecule has 0 aliphatic heterocycles. The van der Waals surface area contributed by atoms with Crippen molar-refractivity contribution in [2.75, 3.05) is 13.2 Å². The second-order valence-corrected chi connectivity index (χ2v) is 7.24. The molecule has 6 nitrogen and oxygen atoms in total. The van der Waals surface area contributed by atoms with E-state index in [0.29, 0.717) is 0 Å². The zero-order valence-electron chi connectivity index (χ0n) is 13.2. The van der Waals surface area contributed by atoms with Crippen molar-refractivity contribution in [2.24, 2.45) is 0 Å². The summed E-state index contributed by atoms with van der Waals surface area (Å²) in [5.41, 5.74) is -0.422. The molecule has 0 aliphatic rings. The molecule has 0 radical (unpaired) electrons. The van der Waals surface area contributed by atoms with Crippen LogP contribution in [0.1, 0.15) is 5.56 Å². The van der Waals surface area contributed by atoms with E-state index in [1.807, 2.05) is 5.32 Å². The van der Waals surface area contributed by atoms with Crippen LogP contribution in [0.25, 0.3) is 0 Å². The normalized spacial score (nSPS) is 11.9. The lowest BCUT2D eigenvalue weighted by molar-refractivity contribution is -0.125. The topological polar surface area (TPSA) is 95.9 Å². The van der Waals surface area contributed by atoms with Crippen LogP contribution >= 0.6 is 19.2 Å². The minimum Gasteiger partial charge on any atom is -0.483 e. The fraction of sp³-hybridized carbons (Fsp3) is 0.188. The van der Waals surface area contributed by atoms with Gasteiger partial charge < -0.3 is 19.8 Å². The summed E-state index contributed by atoms with van der Waals surface area (Å²) in [7, 11) is -4.59. The SMILES string of the molecule is O=C(COc1ccccc1P(=O)(O)O)NCC(F)(F)c1ccccc1Cl. The molecular weight excluding hydrogens is 391 g/mol. The number of halogens is 3. The first-order valence-electron chi connectivity index (χ1n) is 7.29. The molecule has 0 heterocycles. The quantitative estimate of drug-likeness (QED) is 0.615. The Hall–Kier alpha value is -1.99. The van der Waals surface area contributed by atoms with Crippen LogP contribution in [0.15, 0.2) is 48.5 Å². The molecular formula is C16H15ClF2NO5P. The van der Waals surface area contributed by atoms with Crippen LogP contribution in [0, 0.1) is 0 Å². The van der Waals surface area contributed by atoms with E-state index in [-0.39, 0.29) is 10.8 Å². The number of benzene rings is 2. The van der Waals surface area contributed by atoms with Crippen molar-refractivity contribution < 1.29 is 32.7 Å². The number of rotatable bonds is 7. The first kappa shape index (κ1) is 20.3. The maximum absolute atomic E-state index is 14.1. The van der Waals surface area contributed by atoms with E-state index in [1.54, 1.807) is 0 Å². The molecule has 3 N–H and O–H groups in total. The highest BCUT2D eigenvalue weighted by Crippen LogP contribution is 2.37. The van der Waals surface area contributed by atoms with E-state index in [4.69, 9.17) is 16.3 Å². The highest BCUT2D eigenvalue weighted by Gasteiger charge is 2.34. The van der Waals surface area contributed by atoms with Gasteiger partial charge in [0.1, 0.15) is 11.1 Å². The summed E-state index contributed by atoms with van der Waals surface area (Å²) >= 11 is 5.73. The summed E-state index contributed by atoms with van der Waals surface area (Å²) in [4.78, 5) is 30.2. The minimum atomic E-state index is -4.59. The Balaban J connectivity index is 1.96. The lowest BCUT2D eigenvalue weighted by atomic mass is 10.1. The maximum Gasteiger partial charge on any atom is 0.359 e. The zero-order valence-corrected chi connectivity index (χ0v) is 14.9. The van der Waals surface area contributed by atoms with E-state index in [1.165, 1.54) is 36.4 Å². The van der Waals surface area contributed by atoms with Gasteiger partial charge in [-0.15, -0.1) is 0 Å². The van der Waals surface area contributed by atoms with Crippen molar-refractivity contribution in [3.8, 4) is 5.75 Å². The van der Waals surface area contributed by atoms with Gasteiger partial charge in [0.15, 0.2) is 6.61 Å². The van der Waals surface area contributed by atoms with Crippen LogP contribution in [0.2, 0.25) is 5.02 Å². The van der Waals surface area contributed by atoms with Crippen LogP contribution in [-0.4, -0.2) is 28.8 Å². The highest BCUT2D eigenvalue weighted by atomic mass is 35.5. The molecule has 0 spiro atoms. The lowest BCUT2D eigenvalue weighted by Gasteiger charge is -2.19. The van der Waals surface area contributed by atoms with Crippen molar-refractivity contribution >= 4 is 30.4 Å². The predicted molar refractivity (Wildman–Crippen MR) is 92.0 cm³/mol. The molecule has 2 rings (SSSR count). The van der Waals surface area contributed by atoms with Crippen LogP contribution in [-0.2, 0) is 15.3 Å². The monoisotopic (exact) mass is 405 g/mol. The molecule has 2 aromatic rings. The molecule has 2 aromatic carbocycles. The summed E-state index contributed by atoms with van der Waals surface area (Å²) in [6, 6.07) is 10.6. The predicted octanol–water partition coefficient (Wildman–Crippen LogP) is 2.43. The van der Waals surface area contributed by atoms with Crippen LogP contribution in [0.3, 0.4) is 0 Å². The first-order chi connectivity index (χ1) is 12.1. The van der Waals surface area contributed by atoms with Gasteiger partial charge >= 0.3 is 7.60 Å². The Morgan fingerprint density at radius 3 is 2.42 bits per heavy atom. The van der Waals surface area contributed by atoms with E-state index in [2.05, 4.69) is 0 Å². The van der Waals surface area contributed by atoms with Gasteiger partial charge in [-0.25, -0.2) is 0 Å². The summed E-state index contributed by atoms with van der Waals surface area (Å²) < 4.78 is 44.6. The molecule has 0 saturated heterocycles. The molecule has 1 amide bonds. The molecule has 0 saturated carbocycles. The molecule has 26 heavy (non-hydrogen) atoms. The first-order valence-corrected chi connectivity index (χ1v) is 9.28. The maximum atomic E-state index is 14.1. The molecule has 140 valence electrons. The van der Waals surface area contributed by atoms with Crippen molar-refractivity contribution in [3.63, 3.8) is 0 Å². The Morgan fingerprint density at radius 1 is 1.15 bits per heavy atom. The molecule has 0 bridgehead atoms. The molecule has 0 atom stereocenters. The number of para-hydroxylation sites is 1. The van der Waals surface area contributed by atoms with Gasteiger partial charge in [0.25, 0.3) is 11.8 Å². The Kier molecular flexibility index (Phi) is 6.36. The highest BCUT2D eigenvalue weighted by molar-refractivity contribution is 7.60. The second-order valence-electron chi connectivity index (χ2n) is 5.26. The molecule has 10 heteroatoms. The standard InChI is InChI=1S/C16H15ClF2NO5P/c17-12-6-2-1-5-11(12)16(18,19)10-20-15(21)9-25-13-7-3-4-8-14(13)26(22,23)24/h1-8H,9-10H2,(H,20,21)(H2,22,23,24). The number of hydrogen-bond donors (Lipinski definition) is 3. The zero-order chi connectivity index (χ0) is 19.4. The molecule has 0 aromatic heterocycles. The van der Waals surface area contributed by atoms with Gasteiger partial charge in [-0.3, -0.25) is 9.36 Å². The van der Waals surface area contributed by atoms with Crippen LogP contribution in [0.4, 0.5) is 8.78 Å². The molecule has 0 unspecified atom stereocenters. The van der Waals surface area contributed by atoms with Gasteiger partial charge in [-0.1, -0.05) is 41.9 Å². The van der Waals surface area contributed by atoms with Crippen LogP contribution < -0.4 is 15.4 Å². The third-order valence-corrected chi connectivity index (χ3v) is 4.64. The third-order valence-electron chi connectivity index (χ3n) is 3.31. The second kappa shape index (κ2) is 8.14. The third kappa shape index (κ3) is 5.25. The average molecular weight is 406 g/mol. The van der Waals surface area contributed by atoms with E-state index in [9.17, 15) is 27.9 Å². The van der Waals surface area contributed by atoms with Crippen molar-refractivity contribution in [1.82, 2.24) is 5.32 Å². The Bertz CT molecular complexity index is 843. The lowest BCUT2D eigenvalue weighted by Crippen LogP contribution is -2.38. The Labute approximate surface area is 152 Å². The van der Waals surface area contributed by atoms with Gasteiger partial charge in [0, 0.05) is 10.6 Å².